The molecule has 0 amide bonds. The lowest BCUT2D eigenvalue weighted by atomic mass is 10.1. The third-order valence-corrected chi connectivity index (χ3v) is 4.13. The topological polar surface area (TPSA) is 29.0 Å². The minimum atomic E-state index is 0.562. The molecule has 94 valence electrons. The van der Waals surface area contributed by atoms with Crippen molar-refractivity contribution in [2.75, 3.05) is 16.8 Å². The first-order valence-corrected chi connectivity index (χ1v) is 7.47. The number of aryl methyl sites for hydroxylation is 2. The molecule has 1 aromatic heterocycles. The quantitative estimate of drug-likeness (QED) is 0.785. The van der Waals surface area contributed by atoms with Gasteiger partial charge in [0.1, 0.15) is 0 Å². The molecular formula is C13H20BrN3. The summed E-state index contributed by atoms with van der Waals surface area (Å²) in [7, 11) is 0. The second-order valence-electron chi connectivity index (χ2n) is 4.77. The van der Waals surface area contributed by atoms with E-state index in [0.717, 1.165) is 29.1 Å². The van der Waals surface area contributed by atoms with Gasteiger partial charge < -0.3 is 4.90 Å². The predicted octanol–water partition coefficient (Wildman–Crippen LogP) is 3.24. The molecule has 0 aliphatic carbocycles. The molecule has 0 radical (unpaired) electrons. The zero-order chi connectivity index (χ0) is 12.3. The maximum atomic E-state index is 4.68. The molecular weight excluding hydrogens is 278 g/mol. The van der Waals surface area contributed by atoms with E-state index in [9.17, 15) is 0 Å². The van der Waals surface area contributed by atoms with Crippen LogP contribution >= 0.6 is 15.9 Å². The van der Waals surface area contributed by atoms with Crippen molar-refractivity contribution in [3.8, 4) is 0 Å². The zero-order valence-corrected chi connectivity index (χ0v) is 12.2. The molecule has 17 heavy (non-hydrogen) atoms. The van der Waals surface area contributed by atoms with Crippen LogP contribution in [0.25, 0.3) is 0 Å². The molecule has 1 atom stereocenters. The summed E-state index contributed by atoms with van der Waals surface area (Å²) < 4.78 is 0. The number of rotatable bonds is 2. The van der Waals surface area contributed by atoms with Gasteiger partial charge in [0, 0.05) is 24.1 Å². The lowest BCUT2D eigenvalue weighted by Gasteiger charge is -2.30. The highest BCUT2D eigenvalue weighted by Gasteiger charge is 2.23. The fourth-order valence-corrected chi connectivity index (χ4v) is 3.09. The first-order chi connectivity index (χ1) is 8.22. The second-order valence-corrected chi connectivity index (χ2v) is 5.42. The van der Waals surface area contributed by atoms with Crippen molar-refractivity contribution in [1.29, 1.82) is 0 Å². The third kappa shape index (κ3) is 2.97. The van der Waals surface area contributed by atoms with Crippen LogP contribution in [-0.4, -0.2) is 27.9 Å². The number of halogens is 1. The van der Waals surface area contributed by atoms with Crippen molar-refractivity contribution in [1.82, 2.24) is 9.97 Å². The Labute approximate surface area is 112 Å². The maximum absolute atomic E-state index is 4.68. The number of hydrogen-bond donors (Lipinski definition) is 0. The Bertz CT molecular complexity index is 381. The number of nitrogens with zero attached hydrogens (tertiary/aromatic N) is 3. The maximum Gasteiger partial charge on any atom is 0.150 e. The Morgan fingerprint density at radius 1 is 1.35 bits per heavy atom. The average Bonchev–Trinajstić information content (AvgIpc) is 2.57. The van der Waals surface area contributed by atoms with Crippen molar-refractivity contribution in [2.24, 2.45) is 0 Å². The van der Waals surface area contributed by atoms with Crippen molar-refractivity contribution in [2.45, 2.75) is 45.6 Å². The smallest absolute Gasteiger partial charge is 0.150 e. The average molecular weight is 298 g/mol. The normalized spacial score (nSPS) is 21.4. The van der Waals surface area contributed by atoms with Gasteiger partial charge in [-0.15, -0.1) is 0 Å². The Kier molecular flexibility index (Phi) is 4.37. The highest BCUT2D eigenvalue weighted by atomic mass is 79.9. The van der Waals surface area contributed by atoms with Crippen LogP contribution in [0, 0.1) is 13.8 Å². The first kappa shape index (κ1) is 12.8. The fourth-order valence-electron chi connectivity index (χ4n) is 2.41. The van der Waals surface area contributed by atoms with E-state index in [1.54, 1.807) is 0 Å². The summed E-state index contributed by atoms with van der Waals surface area (Å²) in [6, 6.07) is 0.562. The van der Waals surface area contributed by atoms with Gasteiger partial charge in [-0.3, -0.25) is 4.98 Å². The van der Waals surface area contributed by atoms with Gasteiger partial charge in [0.2, 0.25) is 0 Å². The molecule has 0 N–H and O–H groups in total. The van der Waals surface area contributed by atoms with Crippen LogP contribution in [0.4, 0.5) is 5.82 Å². The highest BCUT2D eigenvalue weighted by molar-refractivity contribution is 9.09. The molecule has 1 fully saturated rings. The summed E-state index contributed by atoms with van der Waals surface area (Å²) in [5.41, 5.74) is 2.05. The van der Waals surface area contributed by atoms with Gasteiger partial charge in [0.25, 0.3) is 0 Å². The van der Waals surface area contributed by atoms with Gasteiger partial charge in [-0.25, -0.2) is 4.98 Å². The minimum Gasteiger partial charge on any atom is -0.351 e. The van der Waals surface area contributed by atoms with Gasteiger partial charge in [-0.1, -0.05) is 28.8 Å². The van der Waals surface area contributed by atoms with Crippen LogP contribution < -0.4 is 4.90 Å². The lowest BCUT2D eigenvalue weighted by molar-refractivity contribution is 0.618. The Morgan fingerprint density at radius 3 is 2.94 bits per heavy atom. The van der Waals surface area contributed by atoms with Gasteiger partial charge >= 0.3 is 0 Å². The number of hydrogen-bond acceptors (Lipinski definition) is 3. The Hall–Kier alpha value is -0.640. The van der Waals surface area contributed by atoms with Crippen molar-refractivity contribution >= 4 is 21.7 Å². The van der Waals surface area contributed by atoms with E-state index in [2.05, 4.69) is 37.7 Å². The molecule has 4 heteroatoms. The molecule has 0 aromatic carbocycles. The third-order valence-electron chi connectivity index (χ3n) is 3.38. The summed E-state index contributed by atoms with van der Waals surface area (Å²) in [6.07, 6.45) is 7.02. The number of aromatic nitrogens is 2. The van der Waals surface area contributed by atoms with Crippen LogP contribution in [0.5, 0.6) is 0 Å². The van der Waals surface area contributed by atoms with Crippen LogP contribution in [0.3, 0.4) is 0 Å². The fraction of sp³-hybridized carbons (Fsp3) is 0.692. The summed E-state index contributed by atoms with van der Waals surface area (Å²) in [5.74, 6) is 1.08. The molecule has 1 aromatic rings. The Balaban J connectivity index is 2.31. The SMILES string of the molecule is Cc1cnc(C)c(N2CCCCCC2CBr)n1. The van der Waals surface area contributed by atoms with E-state index in [1.807, 2.05) is 13.1 Å². The number of alkyl halides is 1. The molecule has 0 saturated carbocycles. The van der Waals surface area contributed by atoms with Crippen LogP contribution in [0.15, 0.2) is 6.20 Å². The van der Waals surface area contributed by atoms with Gasteiger partial charge in [0.15, 0.2) is 5.82 Å². The van der Waals surface area contributed by atoms with Crippen molar-refractivity contribution < 1.29 is 0 Å². The summed E-state index contributed by atoms with van der Waals surface area (Å²) >= 11 is 3.64. The molecule has 1 aliphatic rings. The lowest BCUT2D eigenvalue weighted by Crippen LogP contribution is -2.37. The molecule has 1 unspecified atom stereocenters. The van der Waals surface area contributed by atoms with E-state index in [1.165, 1.54) is 25.7 Å². The molecule has 3 nitrogen and oxygen atoms in total. The highest BCUT2D eigenvalue weighted by Crippen LogP contribution is 2.25. The summed E-state index contributed by atoms with van der Waals surface area (Å²) in [6.45, 7) is 5.17. The van der Waals surface area contributed by atoms with E-state index in [0.29, 0.717) is 6.04 Å². The Morgan fingerprint density at radius 2 is 2.18 bits per heavy atom. The van der Waals surface area contributed by atoms with E-state index < -0.39 is 0 Å². The number of anilines is 1. The molecule has 0 bridgehead atoms. The van der Waals surface area contributed by atoms with Gasteiger partial charge in [0.05, 0.1) is 11.4 Å². The molecule has 2 rings (SSSR count). The molecule has 1 saturated heterocycles. The summed E-state index contributed by atoms with van der Waals surface area (Å²) in [4.78, 5) is 11.6. The standard InChI is InChI=1S/C13H20BrN3/c1-10-9-15-11(2)13(16-10)17-7-5-3-4-6-12(17)8-14/h9,12H,3-8H2,1-2H3. The van der Waals surface area contributed by atoms with Crippen LogP contribution in [0.1, 0.15) is 37.1 Å². The molecule has 1 aliphatic heterocycles. The molecule has 2 heterocycles. The van der Waals surface area contributed by atoms with E-state index in [4.69, 9.17) is 0 Å². The zero-order valence-electron chi connectivity index (χ0n) is 10.6. The van der Waals surface area contributed by atoms with E-state index in [-0.39, 0.29) is 0 Å². The van der Waals surface area contributed by atoms with Crippen LogP contribution in [0.2, 0.25) is 0 Å². The predicted molar refractivity (Wildman–Crippen MR) is 74.9 cm³/mol. The van der Waals surface area contributed by atoms with Gasteiger partial charge in [-0.2, -0.15) is 0 Å². The van der Waals surface area contributed by atoms with E-state index >= 15 is 0 Å². The monoisotopic (exact) mass is 297 g/mol. The first-order valence-electron chi connectivity index (χ1n) is 6.35. The largest absolute Gasteiger partial charge is 0.351 e. The second kappa shape index (κ2) is 5.80. The van der Waals surface area contributed by atoms with Crippen LogP contribution in [-0.2, 0) is 0 Å². The van der Waals surface area contributed by atoms with Gasteiger partial charge in [-0.05, 0) is 26.7 Å². The minimum absolute atomic E-state index is 0.562. The molecule has 0 spiro atoms. The van der Waals surface area contributed by atoms with Crippen molar-refractivity contribution in [3.05, 3.63) is 17.6 Å². The summed E-state index contributed by atoms with van der Waals surface area (Å²) in [5, 5.41) is 1.02. The van der Waals surface area contributed by atoms with Crippen molar-refractivity contribution in [3.63, 3.8) is 0 Å².